The predicted molar refractivity (Wildman–Crippen MR) is 88.7 cm³/mol. The van der Waals surface area contributed by atoms with Gasteiger partial charge in [-0.25, -0.2) is 0 Å². The number of hydrogen-bond acceptors (Lipinski definition) is 1. The molecule has 1 heteroatoms. The Hall–Kier alpha value is -1.08. The van der Waals surface area contributed by atoms with Crippen molar-refractivity contribution in [3.8, 4) is 0 Å². The lowest BCUT2D eigenvalue weighted by molar-refractivity contribution is 0.285. The van der Waals surface area contributed by atoms with E-state index >= 15 is 0 Å². The number of allylic oxidation sites excluding steroid dienone is 8. The second-order valence-electron chi connectivity index (χ2n) is 5.56. The van der Waals surface area contributed by atoms with Crippen molar-refractivity contribution >= 4 is 0 Å². The van der Waals surface area contributed by atoms with E-state index in [2.05, 4.69) is 55.5 Å². The van der Waals surface area contributed by atoms with Crippen molar-refractivity contribution in [1.82, 2.24) is 0 Å². The van der Waals surface area contributed by atoms with Crippen molar-refractivity contribution in [1.29, 1.82) is 0 Å². The predicted octanol–water partition coefficient (Wildman–Crippen LogP) is 5.34. The molecule has 0 radical (unpaired) electrons. The molecule has 0 saturated carbocycles. The lowest BCUT2D eigenvalue weighted by atomic mass is 9.82. The zero-order valence-corrected chi connectivity index (χ0v) is 12.9. The van der Waals surface area contributed by atoms with Gasteiger partial charge in [0.1, 0.15) is 0 Å². The zero-order valence-electron chi connectivity index (χ0n) is 12.9. The largest absolute Gasteiger partial charge is 0.396 e. The van der Waals surface area contributed by atoms with E-state index in [4.69, 9.17) is 5.11 Å². The van der Waals surface area contributed by atoms with Crippen LogP contribution < -0.4 is 0 Å². The van der Waals surface area contributed by atoms with Crippen LogP contribution in [-0.2, 0) is 0 Å². The number of hydrogen-bond donors (Lipinski definition) is 1. The molecule has 0 heterocycles. The van der Waals surface area contributed by atoms with Crippen LogP contribution in [0.15, 0.2) is 48.6 Å². The monoisotopic (exact) mass is 274 g/mol. The molecule has 20 heavy (non-hydrogen) atoms. The molecular formula is C19H30O. The first kappa shape index (κ1) is 17.0. The molecule has 0 spiro atoms. The summed E-state index contributed by atoms with van der Waals surface area (Å²) in [6.07, 6.45) is 27.4. The normalized spacial score (nSPS) is 17.5. The average Bonchev–Trinajstić information content (AvgIpc) is 2.48. The summed E-state index contributed by atoms with van der Waals surface area (Å²) in [5, 5.41) is 8.79. The lowest BCUT2D eigenvalue weighted by Crippen LogP contribution is -2.09. The fraction of sp³-hybridized carbons (Fsp3) is 0.579. The SMILES string of the molecule is CCCCC/C=C\C1(/C=C\CCCCO)C=CCC=C1. The molecule has 0 bridgehead atoms. The fourth-order valence-electron chi connectivity index (χ4n) is 2.42. The maximum absolute atomic E-state index is 8.79. The summed E-state index contributed by atoms with van der Waals surface area (Å²) in [6, 6.07) is 0. The fourth-order valence-corrected chi connectivity index (χ4v) is 2.42. The van der Waals surface area contributed by atoms with Crippen molar-refractivity contribution in [3.05, 3.63) is 48.6 Å². The Morgan fingerprint density at radius 3 is 2.10 bits per heavy atom. The van der Waals surface area contributed by atoms with Gasteiger partial charge in [0.05, 0.1) is 0 Å². The van der Waals surface area contributed by atoms with Crippen molar-refractivity contribution in [2.75, 3.05) is 6.61 Å². The van der Waals surface area contributed by atoms with Gasteiger partial charge < -0.3 is 5.11 Å². The van der Waals surface area contributed by atoms with Gasteiger partial charge in [-0.2, -0.15) is 0 Å². The highest BCUT2D eigenvalue weighted by Crippen LogP contribution is 2.29. The molecule has 0 atom stereocenters. The third-order valence-electron chi connectivity index (χ3n) is 3.65. The third kappa shape index (κ3) is 6.91. The number of rotatable bonds is 10. The molecule has 0 amide bonds. The third-order valence-corrected chi connectivity index (χ3v) is 3.65. The molecule has 0 aromatic rings. The van der Waals surface area contributed by atoms with Crippen LogP contribution in [0.25, 0.3) is 0 Å². The molecule has 0 aliphatic heterocycles. The van der Waals surface area contributed by atoms with Crippen molar-refractivity contribution in [2.24, 2.45) is 5.41 Å². The lowest BCUT2D eigenvalue weighted by Gasteiger charge is -2.21. The topological polar surface area (TPSA) is 20.2 Å². The van der Waals surface area contributed by atoms with Crippen molar-refractivity contribution < 1.29 is 5.11 Å². The first-order valence-corrected chi connectivity index (χ1v) is 8.14. The van der Waals surface area contributed by atoms with Gasteiger partial charge in [0, 0.05) is 12.0 Å². The summed E-state index contributed by atoms with van der Waals surface area (Å²) in [5.74, 6) is 0. The first-order valence-electron chi connectivity index (χ1n) is 8.14. The van der Waals surface area contributed by atoms with Crippen LogP contribution in [0.5, 0.6) is 0 Å². The zero-order chi connectivity index (χ0) is 14.5. The Morgan fingerprint density at radius 1 is 0.950 bits per heavy atom. The smallest absolute Gasteiger partial charge is 0.0431 e. The highest BCUT2D eigenvalue weighted by molar-refractivity contribution is 5.32. The van der Waals surface area contributed by atoms with Crippen LogP contribution in [0, 0.1) is 5.41 Å². The van der Waals surface area contributed by atoms with Crippen LogP contribution in [0.2, 0.25) is 0 Å². The molecule has 1 rings (SSSR count). The molecule has 0 unspecified atom stereocenters. The van der Waals surface area contributed by atoms with Gasteiger partial charge in [0.15, 0.2) is 0 Å². The molecular weight excluding hydrogens is 244 g/mol. The van der Waals surface area contributed by atoms with Gasteiger partial charge in [-0.15, -0.1) is 0 Å². The van der Waals surface area contributed by atoms with Crippen LogP contribution in [0.4, 0.5) is 0 Å². The van der Waals surface area contributed by atoms with E-state index in [1.165, 1.54) is 25.7 Å². The summed E-state index contributed by atoms with van der Waals surface area (Å²) in [7, 11) is 0. The van der Waals surface area contributed by atoms with Gasteiger partial charge in [0.25, 0.3) is 0 Å². The summed E-state index contributed by atoms with van der Waals surface area (Å²) in [5.41, 5.74) is -0.0102. The standard InChI is InChI=1S/C19H30O/c1-2-3-4-5-9-14-19(16-11-8-12-17-19)15-10-6-7-13-18-20/h9-12,14-17,20H,2-8,13,18H2,1H3/b14-9-,15-10-. The Labute approximate surface area is 124 Å². The van der Waals surface area contributed by atoms with Crippen molar-refractivity contribution in [3.63, 3.8) is 0 Å². The maximum atomic E-state index is 8.79. The van der Waals surface area contributed by atoms with E-state index < -0.39 is 0 Å². The molecule has 112 valence electrons. The summed E-state index contributed by atoms with van der Waals surface area (Å²) >= 11 is 0. The van der Waals surface area contributed by atoms with Crippen LogP contribution in [0.3, 0.4) is 0 Å². The molecule has 0 aromatic heterocycles. The number of unbranched alkanes of at least 4 members (excludes halogenated alkanes) is 5. The van der Waals surface area contributed by atoms with Gasteiger partial charge >= 0.3 is 0 Å². The molecule has 1 N–H and O–H groups in total. The quantitative estimate of drug-likeness (QED) is 0.421. The molecule has 0 saturated heterocycles. The van der Waals surface area contributed by atoms with Gasteiger partial charge in [-0.3, -0.25) is 0 Å². The minimum Gasteiger partial charge on any atom is -0.396 e. The number of aliphatic hydroxyl groups is 1. The summed E-state index contributed by atoms with van der Waals surface area (Å²) < 4.78 is 0. The van der Waals surface area contributed by atoms with E-state index in [0.717, 1.165) is 25.7 Å². The van der Waals surface area contributed by atoms with Crippen LogP contribution >= 0.6 is 0 Å². The Balaban J connectivity index is 2.51. The molecule has 1 aliphatic carbocycles. The molecule has 0 fully saturated rings. The molecule has 0 aromatic carbocycles. The summed E-state index contributed by atoms with van der Waals surface area (Å²) in [6.45, 7) is 2.54. The number of aliphatic hydroxyl groups excluding tert-OH is 1. The minimum absolute atomic E-state index is 0.0102. The molecule has 1 aliphatic rings. The van der Waals surface area contributed by atoms with E-state index in [1.807, 2.05) is 0 Å². The summed E-state index contributed by atoms with van der Waals surface area (Å²) in [4.78, 5) is 0. The molecule has 1 nitrogen and oxygen atoms in total. The van der Waals surface area contributed by atoms with Gasteiger partial charge in [-0.1, -0.05) is 68.4 Å². The highest BCUT2D eigenvalue weighted by atomic mass is 16.2. The van der Waals surface area contributed by atoms with E-state index in [9.17, 15) is 0 Å². The van der Waals surface area contributed by atoms with Crippen LogP contribution in [-0.4, -0.2) is 11.7 Å². The van der Waals surface area contributed by atoms with Gasteiger partial charge in [-0.05, 0) is 38.5 Å². The second-order valence-corrected chi connectivity index (χ2v) is 5.56. The van der Waals surface area contributed by atoms with E-state index in [-0.39, 0.29) is 5.41 Å². The highest BCUT2D eigenvalue weighted by Gasteiger charge is 2.17. The Bertz CT molecular complexity index is 313. The van der Waals surface area contributed by atoms with E-state index in [0.29, 0.717) is 6.61 Å². The Morgan fingerprint density at radius 2 is 1.55 bits per heavy atom. The maximum Gasteiger partial charge on any atom is 0.0431 e. The van der Waals surface area contributed by atoms with Crippen LogP contribution in [0.1, 0.15) is 58.3 Å². The first-order chi connectivity index (χ1) is 9.83. The van der Waals surface area contributed by atoms with Gasteiger partial charge in [0.2, 0.25) is 0 Å². The average molecular weight is 274 g/mol. The Kier molecular flexibility index (Phi) is 9.06. The van der Waals surface area contributed by atoms with Crippen molar-refractivity contribution in [2.45, 2.75) is 58.3 Å². The minimum atomic E-state index is -0.0102. The second kappa shape index (κ2) is 10.7. The van der Waals surface area contributed by atoms with E-state index in [1.54, 1.807) is 0 Å².